The molecule has 0 bridgehead atoms. The molecule has 2 heterocycles. The maximum absolute atomic E-state index is 12.4. The second-order valence-corrected chi connectivity index (χ2v) is 6.00. The smallest absolute Gasteiger partial charge is 0.320 e. The summed E-state index contributed by atoms with van der Waals surface area (Å²) in [5.41, 5.74) is 0. The molecule has 0 spiro atoms. The number of carbonyl (C=O) groups excluding carboxylic acids is 1. The van der Waals surface area contributed by atoms with Crippen molar-refractivity contribution in [2.75, 3.05) is 26.2 Å². The normalized spacial score (nSPS) is 30.9. The molecule has 1 N–H and O–H groups in total. The molecule has 19 heavy (non-hydrogen) atoms. The van der Waals surface area contributed by atoms with Gasteiger partial charge in [-0.1, -0.05) is 20.3 Å². The Morgan fingerprint density at radius 2 is 1.95 bits per heavy atom. The number of likely N-dealkylation sites (tertiary alicyclic amines) is 2. The van der Waals surface area contributed by atoms with Crippen LogP contribution in [0.15, 0.2) is 0 Å². The van der Waals surface area contributed by atoms with Crippen molar-refractivity contribution in [1.82, 2.24) is 9.80 Å². The number of urea groups is 1. The van der Waals surface area contributed by atoms with Crippen LogP contribution >= 0.6 is 0 Å². The van der Waals surface area contributed by atoms with E-state index in [1.807, 2.05) is 11.8 Å². The van der Waals surface area contributed by atoms with E-state index in [2.05, 4.69) is 6.92 Å². The summed E-state index contributed by atoms with van der Waals surface area (Å²) in [7, 11) is 0. The van der Waals surface area contributed by atoms with E-state index in [0.29, 0.717) is 19.0 Å². The van der Waals surface area contributed by atoms with Crippen LogP contribution in [0.25, 0.3) is 0 Å². The third-order valence-corrected chi connectivity index (χ3v) is 4.45. The zero-order chi connectivity index (χ0) is 14.0. The molecule has 0 radical (unpaired) electrons. The number of rotatable bonds is 3. The molecular formula is C14H24N2O3. The van der Waals surface area contributed by atoms with Gasteiger partial charge in [0.05, 0.1) is 5.92 Å². The molecule has 0 saturated carbocycles. The van der Waals surface area contributed by atoms with Gasteiger partial charge in [-0.2, -0.15) is 0 Å². The van der Waals surface area contributed by atoms with Gasteiger partial charge in [-0.05, 0) is 24.7 Å². The van der Waals surface area contributed by atoms with E-state index in [0.717, 1.165) is 25.9 Å². The Kier molecular flexibility index (Phi) is 4.32. The number of carboxylic acids is 1. The van der Waals surface area contributed by atoms with Gasteiger partial charge in [0.1, 0.15) is 0 Å². The largest absolute Gasteiger partial charge is 0.481 e. The van der Waals surface area contributed by atoms with Crippen molar-refractivity contribution < 1.29 is 14.7 Å². The number of hydrogen-bond acceptors (Lipinski definition) is 2. The summed E-state index contributed by atoms with van der Waals surface area (Å²) >= 11 is 0. The Hall–Kier alpha value is -1.26. The summed E-state index contributed by atoms with van der Waals surface area (Å²) in [6.45, 7) is 6.69. The van der Waals surface area contributed by atoms with E-state index < -0.39 is 11.9 Å². The highest BCUT2D eigenvalue weighted by atomic mass is 16.4. The van der Waals surface area contributed by atoms with Crippen molar-refractivity contribution in [3.8, 4) is 0 Å². The molecule has 2 saturated heterocycles. The van der Waals surface area contributed by atoms with Gasteiger partial charge in [0.25, 0.3) is 0 Å². The fourth-order valence-corrected chi connectivity index (χ4v) is 3.29. The SMILES string of the molecule is CCCC1CCN(C(=O)N2CC(C)C(C(=O)O)C2)C1. The van der Waals surface area contributed by atoms with Gasteiger partial charge in [-0.15, -0.1) is 0 Å². The minimum Gasteiger partial charge on any atom is -0.481 e. The number of aliphatic carboxylic acids is 1. The lowest BCUT2D eigenvalue weighted by atomic mass is 9.99. The van der Waals surface area contributed by atoms with E-state index in [1.165, 1.54) is 6.42 Å². The Balaban J connectivity index is 1.90. The number of amides is 2. The molecule has 2 aliphatic rings. The van der Waals surface area contributed by atoms with Gasteiger partial charge in [0.15, 0.2) is 0 Å². The lowest BCUT2D eigenvalue weighted by molar-refractivity contribution is -0.142. The molecule has 2 rings (SSSR count). The summed E-state index contributed by atoms with van der Waals surface area (Å²) in [5.74, 6) is -0.509. The van der Waals surface area contributed by atoms with Crippen LogP contribution in [-0.4, -0.2) is 53.1 Å². The van der Waals surface area contributed by atoms with Gasteiger partial charge < -0.3 is 14.9 Å². The van der Waals surface area contributed by atoms with Crippen molar-refractivity contribution >= 4 is 12.0 Å². The third-order valence-electron chi connectivity index (χ3n) is 4.45. The van der Waals surface area contributed by atoms with Crippen LogP contribution in [0.2, 0.25) is 0 Å². The minimum atomic E-state index is -0.784. The number of carboxylic acid groups (broad SMARTS) is 1. The molecular weight excluding hydrogens is 244 g/mol. The Labute approximate surface area is 114 Å². The lowest BCUT2D eigenvalue weighted by Gasteiger charge is -2.24. The Morgan fingerprint density at radius 1 is 1.21 bits per heavy atom. The maximum Gasteiger partial charge on any atom is 0.320 e. The van der Waals surface area contributed by atoms with Crippen LogP contribution in [0.5, 0.6) is 0 Å². The number of nitrogens with zero attached hydrogens (tertiary/aromatic N) is 2. The average Bonchev–Trinajstić information content (AvgIpc) is 2.95. The molecule has 108 valence electrons. The van der Waals surface area contributed by atoms with Crippen molar-refractivity contribution in [1.29, 1.82) is 0 Å². The molecule has 0 aromatic rings. The van der Waals surface area contributed by atoms with Gasteiger partial charge in [-0.3, -0.25) is 4.79 Å². The van der Waals surface area contributed by atoms with E-state index in [-0.39, 0.29) is 11.9 Å². The average molecular weight is 268 g/mol. The zero-order valence-corrected chi connectivity index (χ0v) is 11.8. The lowest BCUT2D eigenvalue weighted by Crippen LogP contribution is -2.41. The Morgan fingerprint density at radius 3 is 2.53 bits per heavy atom. The highest BCUT2D eigenvalue weighted by Gasteiger charge is 2.39. The molecule has 0 aliphatic carbocycles. The molecule has 5 nitrogen and oxygen atoms in total. The monoisotopic (exact) mass is 268 g/mol. The van der Waals surface area contributed by atoms with Crippen LogP contribution < -0.4 is 0 Å². The van der Waals surface area contributed by atoms with Crippen LogP contribution in [0.4, 0.5) is 4.79 Å². The standard InChI is InChI=1S/C14H24N2O3/c1-3-4-11-5-6-15(8-11)14(19)16-7-10(2)12(9-16)13(17)18/h10-12H,3-9H2,1-2H3,(H,17,18). The fraction of sp³-hybridized carbons (Fsp3) is 0.857. The quantitative estimate of drug-likeness (QED) is 0.850. The highest BCUT2D eigenvalue weighted by molar-refractivity contribution is 5.78. The predicted molar refractivity (Wildman–Crippen MR) is 71.8 cm³/mol. The van der Waals surface area contributed by atoms with Gasteiger partial charge in [0.2, 0.25) is 0 Å². The van der Waals surface area contributed by atoms with Crippen molar-refractivity contribution in [3.63, 3.8) is 0 Å². The first-order chi connectivity index (χ1) is 9.02. The summed E-state index contributed by atoms with van der Waals surface area (Å²) in [6, 6.07) is 0.0363. The summed E-state index contributed by atoms with van der Waals surface area (Å²) in [5, 5.41) is 9.11. The summed E-state index contributed by atoms with van der Waals surface area (Å²) in [6.07, 6.45) is 3.43. The van der Waals surface area contributed by atoms with Crippen LogP contribution in [0.1, 0.15) is 33.1 Å². The van der Waals surface area contributed by atoms with Crippen molar-refractivity contribution in [2.24, 2.45) is 17.8 Å². The first-order valence-electron chi connectivity index (χ1n) is 7.29. The fourth-order valence-electron chi connectivity index (χ4n) is 3.29. The Bertz CT molecular complexity index is 359. The molecule has 2 amide bonds. The highest BCUT2D eigenvalue weighted by Crippen LogP contribution is 2.27. The van der Waals surface area contributed by atoms with Crippen molar-refractivity contribution in [3.05, 3.63) is 0 Å². The van der Waals surface area contributed by atoms with Gasteiger partial charge >= 0.3 is 12.0 Å². The molecule has 3 atom stereocenters. The summed E-state index contributed by atoms with van der Waals surface area (Å²) < 4.78 is 0. The van der Waals surface area contributed by atoms with Crippen molar-refractivity contribution in [2.45, 2.75) is 33.1 Å². The van der Waals surface area contributed by atoms with Gasteiger partial charge in [-0.25, -0.2) is 4.79 Å². The topological polar surface area (TPSA) is 60.9 Å². The number of carbonyl (C=O) groups is 2. The molecule has 0 aromatic carbocycles. The van der Waals surface area contributed by atoms with E-state index in [1.54, 1.807) is 4.90 Å². The molecule has 5 heteroatoms. The van der Waals surface area contributed by atoms with E-state index in [9.17, 15) is 9.59 Å². The van der Waals surface area contributed by atoms with Crippen LogP contribution in [0, 0.1) is 17.8 Å². The molecule has 0 aromatic heterocycles. The molecule has 2 fully saturated rings. The maximum atomic E-state index is 12.4. The van der Waals surface area contributed by atoms with E-state index >= 15 is 0 Å². The summed E-state index contributed by atoms with van der Waals surface area (Å²) in [4.78, 5) is 27.1. The third kappa shape index (κ3) is 3.01. The van der Waals surface area contributed by atoms with E-state index in [4.69, 9.17) is 5.11 Å². The zero-order valence-electron chi connectivity index (χ0n) is 11.8. The van der Waals surface area contributed by atoms with Crippen LogP contribution in [-0.2, 0) is 4.79 Å². The first-order valence-corrected chi connectivity index (χ1v) is 7.29. The van der Waals surface area contributed by atoms with Crippen LogP contribution in [0.3, 0.4) is 0 Å². The minimum absolute atomic E-state index is 0.0363. The van der Waals surface area contributed by atoms with Gasteiger partial charge in [0, 0.05) is 26.2 Å². The molecule has 2 aliphatic heterocycles. The molecule has 3 unspecified atom stereocenters. The number of hydrogen-bond donors (Lipinski definition) is 1. The second-order valence-electron chi connectivity index (χ2n) is 6.00. The predicted octanol–water partition coefficient (Wildman–Crippen LogP) is 1.88. The second kappa shape index (κ2) is 5.80. The first kappa shape index (κ1) is 14.2.